The van der Waals surface area contributed by atoms with E-state index in [2.05, 4.69) is 10.3 Å². The van der Waals surface area contributed by atoms with Gasteiger partial charge in [0, 0.05) is 11.7 Å². The Labute approximate surface area is 112 Å². The molecule has 0 aliphatic rings. The topological polar surface area (TPSA) is 42.0 Å². The molecule has 1 amide bonds. The molecule has 1 heterocycles. The number of pyridine rings is 1. The van der Waals surface area contributed by atoms with Gasteiger partial charge in [-0.05, 0) is 25.8 Å². The summed E-state index contributed by atoms with van der Waals surface area (Å²) in [5, 5.41) is 3.53. The molecule has 1 aromatic rings. The number of hydrogen-bond acceptors (Lipinski definition) is 2. The van der Waals surface area contributed by atoms with E-state index in [1.807, 2.05) is 20.8 Å². The highest BCUT2D eigenvalue weighted by molar-refractivity contribution is 6.35. The number of carbonyl (C=O) groups is 1. The molecule has 0 unspecified atom stereocenters. The highest BCUT2D eigenvalue weighted by atomic mass is 35.5. The number of carbonyl (C=O) groups excluding carboxylic acids is 1. The van der Waals surface area contributed by atoms with Crippen LogP contribution in [0.15, 0.2) is 12.3 Å². The third-order valence-electron chi connectivity index (χ3n) is 3.04. The van der Waals surface area contributed by atoms with Gasteiger partial charge in [-0.25, -0.2) is 4.98 Å². The second-order valence-corrected chi connectivity index (χ2v) is 5.00. The number of hydrogen-bond donors (Lipinski definition) is 1. The van der Waals surface area contributed by atoms with Crippen LogP contribution in [0, 0.1) is 0 Å². The first-order chi connectivity index (χ1) is 7.91. The van der Waals surface area contributed by atoms with Crippen molar-refractivity contribution in [3.05, 3.63) is 28.0 Å². The van der Waals surface area contributed by atoms with Gasteiger partial charge in [0.1, 0.15) is 5.15 Å². The van der Waals surface area contributed by atoms with Crippen molar-refractivity contribution in [3.63, 3.8) is 0 Å². The van der Waals surface area contributed by atoms with Crippen LogP contribution in [0.4, 0.5) is 0 Å². The molecule has 0 aliphatic heterocycles. The summed E-state index contributed by atoms with van der Waals surface area (Å²) in [5.74, 6) is -0.217. The molecule has 1 rings (SSSR count). The highest BCUT2D eigenvalue weighted by Gasteiger charge is 2.23. The zero-order valence-electron chi connectivity index (χ0n) is 10.2. The lowest BCUT2D eigenvalue weighted by molar-refractivity contribution is 0.0901. The molecule has 1 N–H and O–H groups in total. The predicted octanol–water partition coefficient (Wildman–Crippen LogP) is 3.70. The largest absolute Gasteiger partial charge is 0.347 e. The van der Waals surface area contributed by atoms with E-state index in [-0.39, 0.29) is 16.6 Å². The number of nitrogens with one attached hydrogen (secondary N) is 1. The molecular weight excluding hydrogens is 259 g/mol. The van der Waals surface area contributed by atoms with E-state index in [0.29, 0.717) is 10.6 Å². The fourth-order valence-corrected chi connectivity index (χ4v) is 1.70. The van der Waals surface area contributed by atoms with Crippen LogP contribution in [0.1, 0.15) is 44.0 Å². The van der Waals surface area contributed by atoms with Crippen molar-refractivity contribution >= 4 is 29.1 Å². The highest BCUT2D eigenvalue weighted by Crippen LogP contribution is 2.20. The van der Waals surface area contributed by atoms with E-state index in [0.717, 1.165) is 12.8 Å². The van der Waals surface area contributed by atoms with Crippen molar-refractivity contribution in [1.29, 1.82) is 0 Å². The first kappa shape index (κ1) is 14.3. The quantitative estimate of drug-likeness (QED) is 0.851. The fourth-order valence-electron chi connectivity index (χ4n) is 1.36. The van der Waals surface area contributed by atoms with Crippen molar-refractivity contribution in [2.24, 2.45) is 0 Å². The molecule has 0 spiro atoms. The van der Waals surface area contributed by atoms with Crippen LogP contribution in [-0.4, -0.2) is 16.4 Å². The Morgan fingerprint density at radius 2 is 2.00 bits per heavy atom. The summed E-state index contributed by atoms with van der Waals surface area (Å²) in [6, 6.07) is 1.48. The average Bonchev–Trinajstić information content (AvgIpc) is 2.32. The Balaban J connectivity index is 2.94. The van der Waals surface area contributed by atoms with Crippen LogP contribution >= 0.6 is 23.2 Å². The maximum Gasteiger partial charge on any atom is 0.253 e. The molecule has 0 saturated carbocycles. The van der Waals surface area contributed by atoms with Gasteiger partial charge in [-0.3, -0.25) is 4.79 Å². The molecular formula is C12H16Cl2N2O. The Bertz CT molecular complexity index is 417. The van der Waals surface area contributed by atoms with Gasteiger partial charge in [0.05, 0.1) is 10.6 Å². The third kappa shape index (κ3) is 3.58. The monoisotopic (exact) mass is 274 g/mol. The minimum absolute atomic E-state index is 0.217. The fraction of sp³-hybridized carbons (Fsp3) is 0.500. The molecule has 0 aliphatic carbocycles. The maximum absolute atomic E-state index is 12.1. The summed E-state index contributed by atoms with van der Waals surface area (Å²) in [4.78, 5) is 15.9. The maximum atomic E-state index is 12.1. The molecule has 5 heteroatoms. The lowest BCUT2D eigenvalue weighted by atomic mass is 9.95. The normalized spacial score (nSPS) is 11.4. The summed E-state index contributed by atoms with van der Waals surface area (Å²) in [5.41, 5.74) is 0.135. The second-order valence-electron chi connectivity index (χ2n) is 4.21. The molecule has 94 valence electrons. The summed E-state index contributed by atoms with van der Waals surface area (Å²) < 4.78 is 0. The van der Waals surface area contributed by atoms with Gasteiger partial charge >= 0.3 is 0 Å². The van der Waals surface area contributed by atoms with Gasteiger partial charge in [0.15, 0.2) is 0 Å². The number of amides is 1. The lowest BCUT2D eigenvalue weighted by Gasteiger charge is -2.28. The van der Waals surface area contributed by atoms with E-state index in [4.69, 9.17) is 23.2 Å². The number of halogens is 2. The molecule has 1 aromatic heterocycles. The lowest BCUT2D eigenvalue weighted by Crippen LogP contribution is -2.45. The van der Waals surface area contributed by atoms with E-state index >= 15 is 0 Å². The standard InChI is InChI=1S/C12H16Cl2N2O/c1-4-12(3,5-2)16-11(17)8-6-10(14)15-7-9(8)13/h6-7H,4-5H2,1-3H3,(H,16,17). The average molecular weight is 275 g/mol. The number of rotatable bonds is 4. The Morgan fingerprint density at radius 1 is 1.41 bits per heavy atom. The summed E-state index contributed by atoms with van der Waals surface area (Å²) in [7, 11) is 0. The molecule has 0 fully saturated rings. The first-order valence-electron chi connectivity index (χ1n) is 5.55. The zero-order chi connectivity index (χ0) is 13.1. The minimum Gasteiger partial charge on any atom is -0.347 e. The number of aromatic nitrogens is 1. The van der Waals surface area contributed by atoms with Crippen molar-refractivity contribution in [3.8, 4) is 0 Å². The van der Waals surface area contributed by atoms with Crippen LogP contribution in [0.5, 0.6) is 0 Å². The van der Waals surface area contributed by atoms with Crippen molar-refractivity contribution in [2.45, 2.75) is 39.2 Å². The van der Waals surface area contributed by atoms with Crippen LogP contribution in [0.2, 0.25) is 10.2 Å². The van der Waals surface area contributed by atoms with Gasteiger partial charge in [0.2, 0.25) is 0 Å². The van der Waals surface area contributed by atoms with Crippen LogP contribution in [-0.2, 0) is 0 Å². The second kappa shape index (κ2) is 5.69. The Hall–Kier alpha value is -0.800. The Kier molecular flexibility index (Phi) is 4.78. The first-order valence-corrected chi connectivity index (χ1v) is 6.31. The van der Waals surface area contributed by atoms with Gasteiger partial charge in [-0.15, -0.1) is 0 Å². The van der Waals surface area contributed by atoms with E-state index < -0.39 is 0 Å². The molecule has 0 saturated heterocycles. The van der Waals surface area contributed by atoms with Gasteiger partial charge in [-0.2, -0.15) is 0 Å². The molecule has 3 nitrogen and oxygen atoms in total. The van der Waals surface area contributed by atoms with Crippen molar-refractivity contribution < 1.29 is 4.79 Å². The smallest absolute Gasteiger partial charge is 0.253 e. The van der Waals surface area contributed by atoms with Crippen LogP contribution in [0.25, 0.3) is 0 Å². The third-order valence-corrected chi connectivity index (χ3v) is 3.55. The van der Waals surface area contributed by atoms with E-state index in [1.165, 1.54) is 12.3 Å². The molecule has 0 radical (unpaired) electrons. The SMILES string of the molecule is CCC(C)(CC)NC(=O)c1cc(Cl)ncc1Cl. The van der Waals surface area contributed by atoms with E-state index in [9.17, 15) is 4.79 Å². The summed E-state index contributed by atoms with van der Waals surface area (Å²) in [6.07, 6.45) is 3.09. The number of nitrogens with zero attached hydrogens (tertiary/aromatic N) is 1. The summed E-state index contributed by atoms with van der Waals surface area (Å²) in [6.45, 7) is 6.07. The summed E-state index contributed by atoms with van der Waals surface area (Å²) >= 11 is 11.7. The molecule has 0 bridgehead atoms. The van der Waals surface area contributed by atoms with Gasteiger partial charge in [0.25, 0.3) is 5.91 Å². The van der Waals surface area contributed by atoms with E-state index in [1.54, 1.807) is 0 Å². The zero-order valence-corrected chi connectivity index (χ0v) is 11.7. The van der Waals surface area contributed by atoms with Crippen LogP contribution in [0.3, 0.4) is 0 Å². The van der Waals surface area contributed by atoms with Crippen LogP contribution < -0.4 is 5.32 Å². The molecule has 0 atom stereocenters. The molecule has 0 aromatic carbocycles. The van der Waals surface area contributed by atoms with Crippen molar-refractivity contribution in [1.82, 2.24) is 10.3 Å². The van der Waals surface area contributed by atoms with Gasteiger partial charge < -0.3 is 5.32 Å². The Morgan fingerprint density at radius 3 is 2.53 bits per heavy atom. The predicted molar refractivity (Wildman–Crippen MR) is 70.7 cm³/mol. The molecule has 17 heavy (non-hydrogen) atoms. The minimum atomic E-state index is -0.226. The van der Waals surface area contributed by atoms with Gasteiger partial charge in [-0.1, -0.05) is 37.0 Å². The van der Waals surface area contributed by atoms with Crippen molar-refractivity contribution in [2.75, 3.05) is 0 Å².